The predicted octanol–water partition coefficient (Wildman–Crippen LogP) is 4.96. The van der Waals surface area contributed by atoms with E-state index >= 15 is 0 Å². The molecule has 4 aromatic rings. The molecule has 0 saturated carbocycles. The Kier molecular flexibility index (Phi) is 6.59. The molecule has 0 spiro atoms. The van der Waals surface area contributed by atoms with E-state index in [1.165, 1.54) is 6.33 Å². The Bertz CT molecular complexity index is 1340. The highest BCUT2D eigenvalue weighted by Gasteiger charge is 2.08. The molecular formula is C25H20ClN5O. The number of fused-ring (bicyclic) bond motifs is 1. The lowest BCUT2D eigenvalue weighted by Crippen LogP contribution is -2.23. The van der Waals surface area contributed by atoms with Crippen LogP contribution in [0.25, 0.3) is 11.0 Å². The molecule has 0 aliphatic carbocycles. The lowest BCUT2D eigenvalue weighted by Gasteiger charge is -2.09. The summed E-state index contributed by atoms with van der Waals surface area (Å²) in [6, 6.07) is 18.4. The summed E-state index contributed by atoms with van der Waals surface area (Å²) >= 11 is 6.06. The summed E-state index contributed by atoms with van der Waals surface area (Å²) in [7, 11) is 0. The Morgan fingerprint density at radius 2 is 1.91 bits per heavy atom. The highest BCUT2D eigenvalue weighted by Crippen LogP contribution is 2.24. The van der Waals surface area contributed by atoms with Crippen molar-refractivity contribution in [2.75, 3.05) is 11.9 Å². The van der Waals surface area contributed by atoms with Gasteiger partial charge < -0.3 is 10.6 Å². The molecule has 0 radical (unpaired) electrons. The molecule has 158 valence electrons. The topological polar surface area (TPSA) is 79.8 Å². The largest absolute Gasteiger partial charge is 0.352 e. The summed E-state index contributed by atoms with van der Waals surface area (Å²) in [5.41, 5.74) is 4.17. The van der Waals surface area contributed by atoms with E-state index in [4.69, 9.17) is 11.6 Å². The van der Waals surface area contributed by atoms with Gasteiger partial charge in [-0.1, -0.05) is 48.6 Å². The van der Waals surface area contributed by atoms with E-state index in [0.29, 0.717) is 34.1 Å². The zero-order valence-electron chi connectivity index (χ0n) is 17.4. The van der Waals surface area contributed by atoms with E-state index < -0.39 is 0 Å². The normalized spacial score (nSPS) is 10.3. The first-order valence-corrected chi connectivity index (χ1v) is 10.6. The number of carbonyl (C=O) groups excluding carboxylic acids is 1. The highest BCUT2D eigenvalue weighted by molar-refractivity contribution is 6.29. The van der Waals surface area contributed by atoms with Crippen LogP contribution < -0.4 is 10.6 Å². The minimum absolute atomic E-state index is 0.0978. The smallest absolute Gasteiger partial charge is 0.251 e. The predicted molar refractivity (Wildman–Crippen MR) is 127 cm³/mol. The molecule has 2 aromatic carbocycles. The Balaban J connectivity index is 1.62. The third kappa shape index (κ3) is 5.02. The van der Waals surface area contributed by atoms with Gasteiger partial charge in [0.1, 0.15) is 17.0 Å². The van der Waals surface area contributed by atoms with Gasteiger partial charge >= 0.3 is 0 Å². The quantitative estimate of drug-likeness (QED) is 0.338. The van der Waals surface area contributed by atoms with Crippen LogP contribution >= 0.6 is 11.6 Å². The average molecular weight is 442 g/mol. The number of rotatable bonds is 5. The van der Waals surface area contributed by atoms with Crippen LogP contribution in [0.3, 0.4) is 0 Å². The Morgan fingerprint density at radius 3 is 2.78 bits per heavy atom. The van der Waals surface area contributed by atoms with Crippen molar-refractivity contribution in [3.05, 3.63) is 88.8 Å². The number of carbonyl (C=O) groups is 1. The minimum Gasteiger partial charge on any atom is -0.352 e. The number of pyridine rings is 1. The molecule has 0 aliphatic heterocycles. The van der Waals surface area contributed by atoms with Gasteiger partial charge in [0.2, 0.25) is 0 Å². The van der Waals surface area contributed by atoms with Gasteiger partial charge in [-0.3, -0.25) is 4.79 Å². The van der Waals surface area contributed by atoms with Crippen molar-refractivity contribution in [2.45, 2.75) is 13.3 Å². The van der Waals surface area contributed by atoms with E-state index in [0.717, 1.165) is 23.2 Å². The first kappa shape index (κ1) is 21.3. The summed E-state index contributed by atoms with van der Waals surface area (Å²) in [5.74, 6) is 6.77. The number of hydrogen-bond acceptors (Lipinski definition) is 5. The fourth-order valence-electron chi connectivity index (χ4n) is 3.05. The number of anilines is 2. The first-order valence-electron chi connectivity index (χ1n) is 10.2. The molecular weight excluding hydrogens is 422 g/mol. The summed E-state index contributed by atoms with van der Waals surface area (Å²) in [4.78, 5) is 25.1. The molecule has 7 heteroatoms. The molecule has 32 heavy (non-hydrogen) atoms. The molecule has 0 unspecified atom stereocenters. The van der Waals surface area contributed by atoms with Crippen LogP contribution in [0, 0.1) is 11.8 Å². The summed E-state index contributed by atoms with van der Waals surface area (Å²) in [6.45, 7) is 2.66. The van der Waals surface area contributed by atoms with Crippen molar-refractivity contribution in [2.24, 2.45) is 0 Å². The lowest BCUT2D eigenvalue weighted by molar-refractivity contribution is 0.0953. The molecule has 0 fully saturated rings. The molecule has 2 N–H and O–H groups in total. The van der Waals surface area contributed by atoms with Crippen LogP contribution in [0.5, 0.6) is 0 Å². The minimum atomic E-state index is -0.0978. The Labute approximate surface area is 191 Å². The maximum atomic E-state index is 12.2. The van der Waals surface area contributed by atoms with Crippen LogP contribution in [-0.4, -0.2) is 27.4 Å². The second kappa shape index (κ2) is 9.90. The number of para-hydroxylation sites is 1. The van der Waals surface area contributed by atoms with Crippen molar-refractivity contribution < 1.29 is 4.79 Å². The van der Waals surface area contributed by atoms with Crippen molar-refractivity contribution in [1.29, 1.82) is 0 Å². The third-order valence-electron chi connectivity index (χ3n) is 4.63. The first-order chi connectivity index (χ1) is 15.6. The van der Waals surface area contributed by atoms with Crippen LogP contribution in [0.4, 0.5) is 11.5 Å². The maximum absolute atomic E-state index is 12.2. The van der Waals surface area contributed by atoms with Gasteiger partial charge in [-0.15, -0.1) is 0 Å². The van der Waals surface area contributed by atoms with Gasteiger partial charge in [0.05, 0.1) is 11.2 Å². The average Bonchev–Trinajstić information content (AvgIpc) is 2.82. The molecule has 6 nitrogen and oxygen atoms in total. The van der Waals surface area contributed by atoms with Crippen molar-refractivity contribution in [3.8, 4) is 11.8 Å². The number of nitrogens with one attached hydrogen (secondary N) is 2. The number of aromatic nitrogens is 3. The van der Waals surface area contributed by atoms with Gasteiger partial charge in [0.15, 0.2) is 5.82 Å². The fourth-order valence-corrected chi connectivity index (χ4v) is 3.20. The van der Waals surface area contributed by atoms with Gasteiger partial charge in [-0.25, -0.2) is 15.0 Å². The molecule has 0 saturated heterocycles. The van der Waals surface area contributed by atoms with Gasteiger partial charge in [0.25, 0.3) is 5.91 Å². The molecule has 0 bridgehead atoms. The molecule has 2 heterocycles. The summed E-state index contributed by atoms with van der Waals surface area (Å²) in [6.07, 6.45) is 2.36. The number of amides is 1. The zero-order valence-corrected chi connectivity index (χ0v) is 18.1. The van der Waals surface area contributed by atoms with Gasteiger partial charge in [-0.2, -0.15) is 0 Å². The number of benzene rings is 2. The van der Waals surface area contributed by atoms with E-state index in [1.54, 1.807) is 24.3 Å². The maximum Gasteiger partial charge on any atom is 0.251 e. The molecule has 1 amide bonds. The number of hydrogen-bond donors (Lipinski definition) is 2. The van der Waals surface area contributed by atoms with Crippen LogP contribution in [0.2, 0.25) is 5.15 Å². The zero-order chi connectivity index (χ0) is 22.3. The van der Waals surface area contributed by atoms with Crippen molar-refractivity contribution in [3.63, 3.8) is 0 Å². The second-order valence-corrected chi connectivity index (χ2v) is 7.37. The van der Waals surface area contributed by atoms with Crippen LogP contribution in [-0.2, 0) is 0 Å². The monoisotopic (exact) mass is 441 g/mol. The number of halogens is 1. The fraction of sp³-hybridized carbons (Fsp3) is 0.120. The van der Waals surface area contributed by atoms with E-state index in [9.17, 15) is 4.79 Å². The lowest BCUT2D eigenvalue weighted by atomic mass is 10.1. The van der Waals surface area contributed by atoms with Gasteiger partial charge in [-0.05, 0) is 48.9 Å². The molecule has 0 aliphatic rings. The Hall–Kier alpha value is -3.95. The third-order valence-corrected chi connectivity index (χ3v) is 4.84. The molecule has 0 atom stereocenters. The van der Waals surface area contributed by atoms with Gasteiger partial charge in [0, 0.05) is 23.2 Å². The van der Waals surface area contributed by atoms with E-state index in [2.05, 4.69) is 37.4 Å². The molecule has 2 aromatic heterocycles. The van der Waals surface area contributed by atoms with E-state index in [-0.39, 0.29) is 5.91 Å². The molecule has 4 rings (SSSR count). The Morgan fingerprint density at radius 1 is 1.03 bits per heavy atom. The summed E-state index contributed by atoms with van der Waals surface area (Å²) < 4.78 is 0. The van der Waals surface area contributed by atoms with Crippen molar-refractivity contribution in [1.82, 2.24) is 20.3 Å². The van der Waals surface area contributed by atoms with Crippen molar-refractivity contribution >= 4 is 40.0 Å². The van der Waals surface area contributed by atoms with Crippen LogP contribution in [0.1, 0.15) is 34.8 Å². The highest BCUT2D eigenvalue weighted by atomic mass is 35.5. The standard InChI is InChI=1S/C25H20ClN5O/c1-2-14-27-25(32)19-8-5-6-17(15-19)10-11-18-7-3-4-9-20(18)30-24-23-21(28-16-29-24)12-13-22(26)31-23/h3-9,12-13,15-16H,2,14H2,1H3,(H,27,32)(H,28,29,30). The summed E-state index contributed by atoms with van der Waals surface area (Å²) in [5, 5.41) is 6.54. The van der Waals surface area contributed by atoms with Crippen LogP contribution in [0.15, 0.2) is 67.0 Å². The van der Waals surface area contributed by atoms with E-state index in [1.807, 2.05) is 43.3 Å². The number of nitrogens with zero attached hydrogens (tertiary/aromatic N) is 3. The second-order valence-electron chi connectivity index (χ2n) is 6.98. The SMILES string of the molecule is CCCNC(=O)c1cccc(C#Cc2ccccc2Nc2ncnc3ccc(Cl)nc23)c1.